The van der Waals surface area contributed by atoms with Crippen LogP contribution in [0.3, 0.4) is 0 Å². The Hall–Kier alpha value is -2.45. The molecule has 8 heteroatoms. The van der Waals surface area contributed by atoms with E-state index in [1.807, 2.05) is 18.2 Å². The summed E-state index contributed by atoms with van der Waals surface area (Å²) in [6.07, 6.45) is 0. The average Bonchev–Trinajstić information content (AvgIpc) is 2.95. The van der Waals surface area contributed by atoms with Gasteiger partial charge in [-0.15, -0.1) is 11.3 Å². The van der Waals surface area contributed by atoms with Crippen LogP contribution in [0.5, 0.6) is 11.5 Å². The van der Waals surface area contributed by atoms with Gasteiger partial charge in [0.05, 0.1) is 0 Å². The number of carboxylic acids is 1. The number of hydrogen-bond donors (Lipinski definition) is 0. The first-order valence-electron chi connectivity index (χ1n) is 7.21. The number of halogens is 2. The van der Waals surface area contributed by atoms with Gasteiger partial charge in [0.2, 0.25) is 0 Å². The number of methoxy groups -OCH3 is 1. The number of alkyl halides is 2. The van der Waals surface area contributed by atoms with E-state index >= 15 is 0 Å². The number of carbonyl (C=O) groups is 1. The Bertz CT molecular complexity index is 922. The second kappa shape index (κ2) is 6.81. The van der Waals surface area contributed by atoms with Gasteiger partial charge in [0, 0.05) is 27.3 Å². The lowest BCUT2D eigenvalue weighted by Gasteiger charge is -2.17. The molecule has 0 fully saturated rings. The number of rotatable bonds is 7. The van der Waals surface area contributed by atoms with E-state index < -0.39 is 18.5 Å². The Labute approximate surface area is 145 Å². The molecule has 25 heavy (non-hydrogen) atoms. The molecular weight excluding hydrogens is 354 g/mol. The SMILES string of the molecule is COCOc1ccc2sc3ccc(OCC(F)(F)C(=O)[O-])cc3c2c1. The summed E-state index contributed by atoms with van der Waals surface area (Å²) < 4.78 is 43.3. The van der Waals surface area contributed by atoms with Crippen molar-refractivity contribution in [2.24, 2.45) is 0 Å². The van der Waals surface area contributed by atoms with E-state index in [4.69, 9.17) is 14.2 Å². The van der Waals surface area contributed by atoms with Crippen molar-refractivity contribution in [1.82, 2.24) is 0 Å². The van der Waals surface area contributed by atoms with Gasteiger partial charge >= 0.3 is 5.92 Å². The summed E-state index contributed by atoms with van der Waals surface area (Å²) in [4.78, 5) is 10.3. The minimum absolute atomic E-state index is 0.111. The maximum absolute atomic E-state index is 13.1. The molecule has 0 aliphatic carbocycles. The summed E-state index contributed by atoms with van der Waals surface area (Å²) >= 11 is 1.54. The Morgan fingerprint density at radius 2 is 1.64 bits per heavy atom. The number of carbonyl (C=O) groups excluding carboxylic acids is 1. The number of fused-ring (bicyclic) bond motifs is 3. The fraction of sp³-hybridized carbons (Fsp3) is 0.235. The lowest BCUT2D eigenvalue weighted by atomic mass is 10.1. The largest absolute Gasteiger partial charge is 0.544 e. The van der Waals surface area contributed by atoms with Crippen molar-refractivity contribution < 1.29 is 32.9 Å². The van der Waals surface area contributed by atoms with Crippen LogP contribution >= 0.6 is 11.3 Å². The molecule has 1 aromatic heterocycles. The van der Waals surface area contributed by atoms with Gasteiger partial charge in [-0.25, -0.2) is 0 Å². The van der Waals surface area contributed by atoms with E-state index in [1.165, 1.54) is 24.5 Å². The van der Waals surface area contributed by atoms with E-state index in [0.717, 1.165) is 20.2 Å². The van der Waals surface area contributed by atoms with E-state index in [2.05, 4.69) is 0 Å². The summed E-state index contributed by atoms with van der Waals surface area (Å²) in [5.74, 6) is -5.75. The van der Waals surface area contributed by atoms with Crippen molar-refractivity contribution in [3.05, 3.63) is 36.4 Å². The summed E-state index contributed by atoms with van der Waals surface area (Å²) in [6, 6.07) is 10.4. The number of ether oxygens (including phenoxy) is 3. The molecule has 1 heterocycles. The highest BCUT2D eigenvalue weighted by Gasteiger charge is 2.32. The van der Waals surface area contributed by atoms with Crippen LogP contribution in [-0.4, -0.2) is 32.4 Å². The first-order valence-corrected chi connectivity index (χ1v) is 8.02. The molecule has 0 N–H and O–H groups in total. The Balaban J connectivity index is 1.92. The van der Waals surface area contributed by atoms with Crippen molar-refractivity contribution in [3.63, 3.8) is 0 Å². The molecule has 0 aliphatic heterocycles. The lowest BCUT2D eigenvalue weighted by molar-refractivity contribution is -0.330. The standard InChI is InChI=1S/C17H14F2O5S/c1-22-9-24-11-3-5-15-13(7-11)12-6-10(2-4-14(12)25-15)23-8-17(18,19)16(20)21/h2-7H,8-9H2,1H3,(H,20,21)/p-1. The number of thiophene rings is 1. The zero-order chi connectivity index (χ0) is 18.0. The Kier molecular flexibility index (Phi) is 4.73. The molecule has 0 radical (unpaired) electrons. The molecular formula is C17H13F2O5S-. The molecule has 3 rings (SSSR count). The first-order chi connectivity index (χ1) is 11.9. The van der Waals surface area contributed by atoms with Crippen LogP contribution in [0, 0.1) is 0 Å². The van der Waals surface area contributed by atoms with Crippen LogP contribution in [-0.2, 0) is 9.53 Å². The molecule has 132 valence electrons. The second-order valence-corrected chi connectivity index (χ2v) is 6.33. The summed E-state index contributed by atoms with van der Waals surface area (Å²) in [5, 5.41) is 12.0. The van der Waals surface area contributed by atoms with Crippen LogP contribution in [0.2, 0.25) is 0 Å². The molecule has 0 unspecified atom stereocenters. The van der Waals surface area contributed by atoms with Gasteiger partial charge in [0.15, 0.2) is 13.4 Å². The average molecular weight is 367 g/mol. The Morgan fingerprint density at radius 1 is 1.08 bits per heavy atom. The van der Waals surface area contributed by atoms with Gasteiger partial charge in [0.25, 0.3) is 0 Å². The zero-order valence-corrected chi connectivity index (χ0v) is 13.9. The highest BCUT2D eigenvalue weighted by molar-refractivity contribution is 7.25. The molecule has 0 saturated carbocycles. The van der Waals surface area contributed by atoms with E-state index in [-0.39, 0.29) is 12.5 Å². The monoisotopic (exact) mass is 367 g/mol. The molecule has 0 atom stereocenters. The molecule has 0 spiro atoms. The van der Waals surface area contributed by atoms with Gasteiger partial charge in [-0.05, 0) is 36.4 Å². The van der Waals surface area contributed by atoms with Crippen molar-refractivity contribution >= 4 is 37.5 Å². The maximum atomic E-state index is 13.1. The summed E-state index contributed by atoms with van der Waals surface area (Å²) in [5.41, 5.74) is 0. The van der Waals surface area contributed by atoms with Gasteiger partial charge in [-0.1, -0.05) is 0 Å². The third kappa shape index (κ3) is 3.64. The second-order valence-electron chi connectivity index (χ2n) is 5.25. The lowest BCUT2D eigenvalue weighted by Crippen LogP contribution is -2.45. The summed E-state index contributed by atoms with van der Waals surface area (Å²) in [7, 11) is 1.52. The van der Waals surface area contributed by atoms with Crippen LogP contribution in [0.15, 0.2) is 36.4 Å². The minimum atomic E-state index is -4.05. The molecule has 0 bridgehead atoms. The van der Waals surface area contributed by atoms with Crippen molar-refractivity contribution in [2.75, 3.05) is 20.5 Å². The fourth-order valence-electron chi connectivity index (χ4n) is 2.28. The fourth-order valence-corrected chi connectivity index (χ4v) is 3.34. The van der Waals surface area contributed by atoms with Crippen molar-refractivity contribution in [2.45, 2.75) is 5.92 Å². The molecule has 2 aromatic carbocycles. The third-order valence-corrected chi connectivity index (χ3v) is 4.63. The number of carboxylic acid groups (broad SMARTS) is 1. The van der Waals surface area contributed by atoms with Crippen LogP contribution in [0.25, 0.3) is 20.2 Å². The number of aliphatic carboxylic acids is 1. The summed E-state index contributed by atoms with van der Waals surface area (Å²) in [6.45, 7) is -1.18. The quantitative estimate of drug-likeness (QED) is 0.601. The number of hydrogen-bond acceptors (Lipinski definition) is 6. The maximum Gasteiger partial charge on any atom is 0.320 e. The smallest absolute Gasteiger partial charge is 0.320 e. The predicted octanol–water partition coefficient (Wildman–Crippen LogP) is 2.80. The normalized spacial score (nSPS) is 11.8. The van der Waals surface area contributed by atoms with Gasteiger partial charge < -0.3 is 24.1 Å². The van der Waals surface area contributed by atoms with Gasteiger partial charge in [-0.3, -0.25) is 0 Å². The Morgan fingerprint density at radius 3 is 2.16 bits per heavy atom. The topological polar surface area (TPSA) is 67.8 Å². The zero-order valence-electron chi connectivity index (χ0n) is 13.1. The van der Waals surface area contributed by atoms with E-state index in [9.17, 15) is 18.7 Å². The predicted molar refractivity (Wildman–Crippen MR) is 87.3 cm³/mol. The number of benzene rings is 2. The third-order valence-electron chi connectivity index (χ3n) is 3.47. The highest BCUT2D eigenvalue weighted by Crippen LogP contribution is 2.37. The molecule has 0 aliphatic rings. The van der Waals surface area contributed by atoms with Crippen LogP contribution in [0.4, 0.5) is 8.78 Å². The molecule has 3 aromatic rings. The highest BCUT2D eigenvalue weighted by atomic mass is 32.1. The molecule has 0 saturated heterocycles. The van der Waals surface area contributed by atoms with Crippen molar-refractivity contribution in [1.29, 1.82) is 0 Å². The molecule has 0 amide bonds. The van der Waals surface area contributed by atoms with Crippen LogP contribution < -0.4 is 14.6 Å². The van der Waals surface area contributed by atoms with Crippen molar-refractivity contribution in [3.8, 4) is 11.5 Å². The van der Waals surface area contributed by atoms with Gasteiger partial charge in [0.1, 0.15) is 17.5 Å². The van der Waals surface area contributed by atoms with Crippen LogP contribution in [0.1, 0.15) is 0 Å². The van der Waals surface area contributed by atoms with E-state index in [0.29, 0.717) is 5.75 Å². The van der Waals surface area contributed by atoms with Gasteiger partial charge in [-0.2, -0.15) is 8.78 Å². The first kappa shape index (κ1) is 17.4. The molecule has 5 nitrogen and oxygen atoms in total. The minimum Gasteiger partial charge on any atom is -0.544 e. The van der Waals surface area contributed by atoms with E-state index in [1.54, 1.807) is 12.1 Å².